The lowest BCUT2D eigenvalue weighted by atomic mass is 10.0. The molecular formula is C15H16O2S. The largest absolute Gasteiger partial charge is 0.497 e. The highest BCUT2D eigenvalue weighted by Crippen LogP contribution is 2.25. The van der Waals surface area contributed by atoms with Crippen molar-refractivity contribution in [1.82, 2.24) is 0 Å². The number of methoxy groups -OCH3 is 1. The van der Waals surface area contributed by atoms with Crippen molar-refractivity contribution in [3.8, 4) is 5.75 Å². The molecule has 0 saturated heterocycles. The van der Waals surface area contributed by atoms with Crippen molar-refractivity contribution in [3.05, 3.63) is 50.7 Å². The van der Waals surface area contributed by atoms with E-state index in [0.717, 1.165) is 21.8 Å². The summed E-state index contributed by atoms with van der Waals surface area (Å²) in [7, 11) is 1.63. The van der Waals surface area contributed by atoms with Gasteiger partial charge < -0.3 is 4.74 Å². The minimum absolute atomic E-state index is 0.0938. The third-order valence-electron chi connectivity index (χ3n) is 3.07. The van der Waals surface area contributed by atoms with Crippen LogP contribution in [0.4, 0.5) is 0 Å². The zero-order valence-corrected chi connectivity index (χ0v) is 11.9. The van der Waals surface area contributed by atoms with Crippen LogP contribution in [0.2, 0.25) is 0 Å². The van der Waals surface area contributed by atoms with E-state index >= 15 is 0 Å². The average Bonchev–Trinajstić information content (AvgIpc) is 2.68. The Morgan fingerprint density at radius 2 is 1.83 bits per heavy atom. The molecular weight excluding hydrogens is 244 g/mol. The topological polar surface area (TPSA) is 26.3 Å². The van der Waals surface area contributed by atoms with Crippen molar-refractivity contribution in [2.45, 2.75) is 20.8 Å². The van der Waals surface area contributed by atoms with Crippen molar-refractivity contribution in [2.24, 2.45) is 0 Å². The summed E-state index contributed by atoms with van der Waals surface area (Å²) in [4.78, 5) is 14.4. The van der Waals surface area contributed by atoms with E-state index in [-0.39, 0.29) is 5.78 Å². The number of hydrogen-bond donors (Lipinski definition) is 0. The summed E-state index contributed by atoms with van der Waals surface area (Å²) in [5.74, 6) is 0.874. The molecule has 2 rings (SSSR count). The summed E-state index contributed by atoms with van der Waals surface area (Å²) >= 11 is 1.56. The van der Waals surface area contributed by atoms with Crippen LogP contribution < -0.4 is 4.74 Å². The molecule has 2 nitrogen and oxygen atoms in total. The summed E-state index contributed by atoms with van der Waals surface area (Å²) in [5.41, 5.74) is 2.87. The fourth-order valence-corrected chi connectivity index (χ4v) is 2.82. The standard InChI is InChI=1S/C15H16O2S/c1-9-8-14(18-11(9)3)15(16)13-6-5-12(17-4)7-10(13)2/h5-8H,1-4H3. The molecule has 1 heterocycles. The smallest absolute Gasteiger partial charge is 0.203 e. The Hall–Kier alpha value is -1.61. The first-order valence-corrected chi connectivity index (χ1v) is 6.61. The van der Waals surface area contributed by atoms with Crippen LogP contribution in [0.15, 0.2) is 24.3 Å². The molecule has 0 atom stereocenters. The van der Waals surface area contributed by atoms with Gasteiger partial charge in [0.1, 0.15) is 5.75 Å². The van der Waals surface area contributed by atoms with Gasteiger partial charge in [-0.15, -0.1) is 11.3 Å². The van der Waals surface area contributed by atoms with Gasteiger partial charge in [0.2, 0.25) is 5.78 Å². The van der Waals surface area contributed by atoms with E-state index in [1.165, 1.54) is 10.4 Å². The summed E-state index contributed by atoms with van der Waals surface area (Å²) in [6.07, 6.45) is 0. The molecule has 0 aliphatic rings. The van der Waals surface area contributed by atoms with Crippen LogP contribution in [0.5, 0.6) is 5.75 Å². The molecule has 3 heteroatoms. The SMILES string of the molecule is COc1ccc(C(=O)c2cc(C)c(C)s2)c(C)c1. The van der Waals surface area contributed by atoms with Gasteiger partial charge in [-0.2, -0.15) is 0 Å². The first-order valence-electron chi connectivity index (χ1n) is 5.79. The first kappa shape index (κ1) is 12.8. The predicted octanol–water partition coefficient (Wildman–Crippen LogP) is 3.91. The van der Waals surface area contributed by atoms with E-state index in [0.29, 0.717) is 0 Å². The minimum Gasteiger partial charge on any atom is -0.497 e. The van der Waals surface area contributed by atoms with Crippen LogP contribution in [0.1, 0.15) is 31.2 Å². The normalized spacial score (nSPS) is 10.4. The van der Waals surface area contributed by atoms with E-state index < -0.39 is 0 Å². The fraction of sp³-hybridized carbons (Fsp3) is 0.267. The number of ether oxygens (including phenoxy) is 1. The monoisotopic (exact) mass is 260 g/mol. The number of carbonyl (C=O) groups excluding carboxylic acids is 1. The Morgan fingerprint density at radius 1 is 1.11 bits per heavy atom. The predicted molar refractivity (Wildman–Crippen MR) is 75.0 cm³/mol. The Labute approximate surface area is 111 Å². The van der Waals surface area contributed by atoms with Gasteiger partial charge in [0.25, 0.3) is 0 Å². The Kier molecular flexibility index (Phi) is 3.53. The number of hydrogen-bond acceptors (Lipinski definition) is 3. The minimum atomic E-state index is 0.0938. The van der Waals surface area contributed by atoms with Crippen LogP contribution in [-0.4, -0.2) is 12.9 Å². The van der Waals surface area contributed by atoms with Crippen molar-refractivity contribution in [1.29, 1.82) is 0 Å². The molecule has 18 heavy (non-hydrogen) atoms. The average molecular weight is 260 g/mol. The lowest BCUT2D eigenvalue weighted by Gasteiger charge is -2.06. The van der Waals surface area contributed by atoms with E-state index in [1.807, 2.05) is 45.0 Å². The maximum absolute atomic E-state index is 12.4. The maximum Gasteiger partial charge on any atom is 0.203 e. The Morgan fingerprint density at radius 3 is 2.33 bits per heavy atom. The van der Waals surface area contributed by atoms with Crippen LogP contribution in [0.25, 0.3) is 0 Å². The summed E-state index contributed by atoms with van der Waals surface area (Å²) < 4.78 is 5.15. The van der Waals surface area contributed by atoms with Crippen molar-refractivity contribution < 1.29 is 9.53 Å². The van der Waals surface area contributed by atoms with E-state index in [9.17, 15) is 4.79 Å². The zero-order chi connectivity index (χ0) is 13.3. The molecule has 0 fully saturated rings. The molecule has 0 saturated carbocycles. The van der Waals surface area contributed by atoms with Crippen molar-refractivity contribution in [3.63, 3.8) is 0 Å². The van der Waals surface area contributed by atoms with Gasteiger partial charge in [0, 0.05) is 10.4 Å². The number of rotatable bonds is 3. The van der Waals surface area contributed by atoms with Crippen LogP contribution >= 0.6 is 11.3 Å². The van der Waals surface area contributed by atoms with Crippen molar-refractivity contribution in [2.75, 3.05) is 7.11 Å². The molecule has 0 N–H and O–H groups in total. The maximum atomic E-state index is 12.4. The molecule has 0 spiro atoms. The van der Waals surface area contributed by atoms with Crippen molar-refractivity contribution >= 4 is 17.1 Å². The zero-order valence-electron chi connectivity index (χ0n) is 11.0. The van der Waals surface area contributed by atoms with Crippen LogP contribution in [0.3, 0.4) is 0 Å². The molecule has 0 aliphatic heterocycles. The number of benzene rings is 1. The molecule has 0 radical (unpaired) electrons. The quantitative estimate of drug-likeness (QED) is 0.782. The van der Waals surface area contributed by atoms with E-state index in [1.54, 1.807) is 18.4 Å². The van der Waals surface area contributed by atoms with Gasteiger partial charge in [-0.3, -0.25) is 4.79 Å². The third-order valence-corrected chi connectivity index (χ3v) is 4.22. The molecule has 1 aromatic carbocycles. The molecule has 1 aromatic heterocycles. The Balaban J connectivity index is 2.40. The second kappa shape index (κ2) is 4.94. The highest BCUT2D eigenvalue weighted by Gasteiger charge is 2.15. The molecule has 0 unspecified atom stereocenters. The highest BCUT2D eigenvalue weighted by atomic mass is 32.1. The molecule has 0 bridgehead atoms. The van der Waals surface area contributed by atoms with Crippen LogP contribution in [-0.2, 0) is 0 Å². The number of carbonyl (C=O) groups is 1. The van der Waals surface area contributed by atoms with E-state index in [2.05, 4.69) is 0 Å². The third kappa shape index (κ3) is 2.31. The second-order valence-corrected chi connectivity index (χ2v) is 5.62. The molecule has 94 valence electrons. The fourth-order valence-electron chi connectivity index (χ4n) is 1.84. The number of aryl methyl sites for hydroxylation is 3. The first-order chi connectivity index (χ1) is 8.52. The van der Waals surface area contributed by atoms with E-state index in [4.69, 9.17) is 4.74 Å². The molecule has 0 aliphatic carbocycles. The highest BCUT2D eigenvalue weighted by molar-refractivity contribution is 7.14. The van der Waals surface area contributed by atoms with Gasteiger partial charge in [-0.25, -0.2) is 0 Å². The summed E-state index contributed by atoms with van der Waals surface area (Å²) in [6, 6.07) is 7.51. The Bertz CT molecular complexity index is 577. The number of ketones is 1. The number of thiophene rings is 1. The lowest BCUT2D eigenvalue weighted by molar-refractivity contribution is 0.104. The summed E-state index contributed by atoms with van der Waals surface area (Å²) in [6.45, 7) is 6.00. The van der Waals surface area contributed by atoms with Gasteiger partial charge in [0.15, 0.2) is 0 Å². The molecule has 2 aromatic rings. The summed E-state index contributed by atoms with van der Waals surface area (Å²) in [5, 5.41) is 0. The lowest BCUT2D eigenvalue weighted by Crippen LogP contribution is -2.01. The van der Waals surface area contributed by atoms with Gasteiger partial charge >= 0.3 is 0 Å². The van der Waals surface area contributed by atoms with Gasteiger partial charge in [-0.05, 0) is 56.2 Å². The van der Waals surface area contributed by atoms with Crippen LogP contribution in [0, 0.1) is 20.8 Å². The van der Waals surface area contributed by atoms with Gasteiger partial charge in [0.05, 0.1) is 12.0 Å². The molecule has 0 amide bonds. The van der Waals surface area contributed by atoms with Gasteiger partial charge in [-0.1, -0.05) is 0 Å². The second-order valence-electron chi connectivity index (χ2n) is 4.36.